The van der Waals surface area contributed by atoms with Gasteiger partial charge in [-0.1, -0.05) is 48.0 Å². The van der Waals surface area contributed by atoms with Gasteiger partial charge in [-0.25, -0.2) is 0 Å². The van der Waals surface area contributed by atoms with Crippen molar-refractivity contribution in [2.45, 2.75) is 6.42 Å². The van der Waals surface area contributed by atoms with Crippen LogP contribution in [-0.4, -0.2) is 11.1 Å². The highest BCUT2D eigenvalue weighted by Gasteiger charge is 2.06. The van der Waals surface area contributed by atoms with Crippen molar-refractivity contribution >= 4 is 17.6 Å². The highest BCUT2D eigenvalue weighted by Crippen LogP contribution is 2.28. The molecule has 86 valence electrons. The lowest BCUT2D eigenvalue weighted by Gasteiger charge is -2.06. The Bertz CT molecular complexity index is 535. The van der Waals surface area contributed by atoms with Crippen molar-refractivity contribution in [2.24, 2.45) is 0 Å². The molecule has 0 bridgehead atoms. The SMILES string of the molecule is O=C(O)Cc1ccc(Cl)c(-c2ccccc2)c1. The second-order valence-electron chi connectivity index (χ2n) is 3.75. The monoisotopic (exact) mass is 246 g/mol. The number of hydrogen-bond acceptors (Lipinski definition) is 1. The summed E-state index contributed by atoms with van der Waals surface area (Å²) in [4.78, 5) is 10.7. The third-order valence-electron chi connectivity index (χ3n) is 2.47. The third-order valence-corrected chi connectivity index (χ3v) is 2.80. The largest absolute Gasteiger partial charge is 0.481 e. The molecule has 0 unspecified atom stereocenters. The highest BCUT2D eigenvalue weighted by atomic mass is 35.5. The molecule has 0 heterocycles. The smallest absolute Gasteiger partial charge is 0.307 e. The molecule has 0 atom stereocenters. The van der Waals surface area contributed by atoms with Gasteiger partial charge in [-0.05, 0) is 23.3 Å². The predicted molar refractivity (Wildman–Crippen MR) is 68.2 cm³/mol. The number of rotatable bonds is 3. The molecule has 1 N–H and O–H groups in total. The second kappa shape index (κ2) is 5.02. The first-order valence-corrected chi connectivity index (χ1v) is 5.60. The van der Waals surface area contributed by atoms with Crippen LogP contribution in [0.2, 0.25) is 5.02 Å². The summed E-state index contributed by atoms with van der Waals surface area (Å²) in [6, 6.07) is 15.0. The highest BCUT2D eigenvalue weighted by molar-refractivity contribution is 6.33. The van der Waals surface area contributed by atoms with Crippen LogP contribution in [0.3, 0.4) is 0 Å². The maximum Gasteiger partial charge on any atom is 0.307 e. The maximum atomic E-state index is 10.7. The van der Waals surface area contributed by atoms with Crippen LogP contribution in [0, 0.1) is 0 Å². The van der Waals surface area contributed by atoms with E-state index >= 15 is 0 Å². The molecule has 0 saturated carbocycles. The van der Waals surface area contributed by atoms with E-state index in [1.54, 1.807) is 12.1 Å². The van der Waals surface area contributed by atoms with Gasteiger partial charge in [0.2, 0.25) is 0 Å². The summed E-state index contributed by atoms with van der Waals surface area (Å²) < 4.78 is 0. The van der Waals surface area contributed by atoms with E-state index in [0.29, 0.717) is 5.02 Å². The summed E-state index contributed by atoms with van der Waals surface area (Å²) in [6.07, 6.45) is 0.0109. The number of benzene rings is 2. The summed E-state index contributed by atoms with van der Waals surface area (Å²) >= 11 is 6.12. The second-order valence-corrected chi connectivity index (χ2v) is 4.16. The van der Waals surface area contributed by atoms with Crippen molar-refractivity contribution in [1.29, 1.82) is 0 Å². The molecule has 0 saturated heterocycles. The number of carbonyl (C=O) groups is 1. The number of halogens is 1. The first kappa shape index (κ1) is 11.7. The number of aliphatic carboxylic acids is 1. The molecular weight excluding hydrogens is 236 g/mol. The average molecular weight is 247 g/mol. The van der Waals surface area contributed by atoms with E-state index in [1.165, 1.54) is 0 Å². The van der Waals surface area contributed by atoms with Gasteiger partial charge in [0.15, 0.2) is 0 Å². The minimum atomic E-state index is -0.841. The topological polar surface area (TPSA) is 37.3 Å². The standard InChI is InChI=1S/C14H11ClO2/c15-13-7-6-10(9-14(16)17)8-12(13)11-4-2-1-3-5-11/h1-8H,9H2,(H,16,17). The Hall–Kier alpha value is -1.80. The molecule has 0 fully saturated rings. The molecule has 17 heavy (non-hydrogen) atoms. The molecule has 2 rings (SSSR count). The molecule has 0 aliphatic heterocycles. The van der Waals surface area contributed by atoms with Gasteiger partial charge in [0.25, 0.3) is 0 Å². The van der Waals surface area contributed by atoms with Crippen LogP contribution in [0.15, 0.2) is 48.5 Å². The fraction of sp³-hybridized carbons (Fsp3) is 0.0714. The lowest BCUT2D eigenvalue weighted by molar-refractivity contribution is -0.136. The Morgan fingerprint density at radius 2 is 1.82 bits per heavy atom. The van der Waals surface area contributed by atoms with E-state index in [-0.39, 0.29) is 6.42 Å². The summed E-state index contributed by atoms with van der Waals surface area (Å²) in [5, 5.41) is 9.39. The van der Waals surface area contributed by atoms with Crippen LogP contribution in [0.5, 0.6) is 0 Å². The molecule has 2 nitrogen and oxygen atoms in total. The minimum Gasteiger partial charge on any atom is -0.481 e. The van der Waals surface area contributed by atoms with Crippen molar-refractivity contribution in [1.82, 2.24) is 0 Å². The molecule has 2 aromatic carbocycles. The molecule has 0 spiro atoms. The van der Waals surface area contributed by atoms with Gasteiger partial charge < -0.3 is 5.11 Å². The quantitative estimate of drug-likeness (QED) is 0.898. The zero-order valence-electron chi connectivity index (χ0n) is 9.06. The van der Waals surface area contributed by atoms with Crippen molar-refractivity contribution in [2.75, 3.05) is 0 Å². The van der Waals surface area contributed by atoms with Gasteiger partial charge in [0.05, 0.1) is 6.42 Å². The Morgan fingerprint density at radius 1 is 1.12 bits per heavy atom. The van der Waals surface area contributed by atoms with Gasteiger partial charge >= 0.3 is 5.97 Å². The molecule has 0 aliphatic rings. The molecule has 0 radical (unpaired) electrons. The Kier molecular flexibility index (Phi) is 3.45. The summed E-state index contributed by atoms with van der Waals surface area (Å²) in [6.45, 7) is 0. The molecular formula is C14H11ClO2. The zero-order valence-corrected chi connectivity index (χ0v) is 9.82. The fourth-order valence-electron chi connectivity index (χ4n) is 1.70. The average Bonchev–Trinajstić information content (AvgIpc) is 2.32. The van der Waals surface area contributed by atoms with E-state index < -0.39 is 5.97 Å². The first-order valence-electron chi connectivity index (χ1n) is 5.22. The van der Waals surface area contributed by atoms with Crippen LogP contribution in [0.1, 0.15) is 5.56 Å². The van der Waals surface area contributed by atoms with E-state index in [0.717, 1.165) is 16.7 Å². The number of carboxylic acid groups (broad SMARTS) is 1. The van der Waals surface area contributed by atoms with Crippen LogP contribution in [0.4, 0.5) is 0 Å². The fourth-order valence-corrected chi connectivity index (χ4v) is 1.92. The van der Waals surface area contributed by atoms with E-state index in [2.05, 4.69) is 0 Å². The van der Waals surface area contributed by atoms with E-state index in [1.807, 2.05) is 36.4 Å². The normalized spacial score (nSPS) is 10.2. The number of hydrogen-bond donors (Lipinski definition) is 1. The molecule has 0 aromatic heterocycles. The van der Waals surface area contributed by atoms with Crippen LogP contribution >= 0.6 is 11.6 Å². The lowest BCUT2D eigenvalue weighted by atomic mass is 10.0. The Balaban J connectivity index is 2.43. The molecule has 3 heteroatoms. The van der Waals surface area contributed by atoms with Crippen LogP contribution < -0.4 is 0 Å². The minimum absolute atomic E-state index is 0.0109. The zero-order chi connectivity index (χ0) is 12.3. The lowest BCUT2D eigenvalue weighted by Crippen LogP contribution is -2.00. The van der Waals surface area contributed by atoms with E-state index in [4.69, 9.17) is 16.7 Å². The summed E-state index contributed by atoms with van der Waals surface area (Å²) in [7, 11) is 0. The van der Waals surface area contributed by atoms with Gasteiger partial charge in [-0.2, -0.15) is 0 Å². The van der Waals surface area contributed by atoms with Crippen LogP contribution in [-0.2, 0) is 11.2 Å². The Labute approximate surface area is 104 Å². The van der Waals surface area contributed by atoms with Crippen molar-refractivity contribution in [3.8, 4) is 11.1 Å². The molecule has 0 aliphatic carbocycles. The van der Waals surface area contributed by atoms with Crippen LogP contribution in [0.25, 0.3) is 11.1 Å². The maximum absolute atomic E-state index is 10.7. The summed E-state index contributed by atoms with van der Waals surface area (Å²) in [5.41, 5.74) is 2.61. The van der Waals surface area contributed by atoms with Gasteiger partial charge in [0, 0.05) is 10.6 Å². The molecule has 0 amide bonds. The third kappa shape index (κ3) is 2.86. The first-order chi connectivity index (χ1) is 8.16. The van der Waals surface area contributed by atoms with Crippen molar-refractivity contribution in [3.05, 3.63) is 59.1 Å². The number of carboxylic acids is 1. The van der Waals surface area contributed by atoms with E-state index in [9.17, 15) is 4.79 Å². The van der Waals surface area contributed by atoms with Crippen molar-refractivity contribution in [3.63, 3.8) is 0 Å². The van der Waals surface area contributed by atoms with Crippen molar-refractivity contribution < 1.29 is 9.90 Å². The summed E-state index contributed by atoms with van der Waals surface area (Å²) in [5.74, 6) is -0.841. The molecule has 2 aromatic rings. The van der Waals surface area contributed by atoms with Gasteiger partial charge in [-0.3, -0.25) is 4.79 Å². The van der Waals surface area contributed by atoms with Gasteiger partial charge in [0.1, 0.15) is 0 Å². The Morgan fingerprint density at radius 3 is 2.47 bits per heavy atom. The predicted octanol–water partition coefficient (Wildman–Crippen LogP) is 3.63. The van der Waals surface area contributed by atoms with Gasteiger partial charge in [-0.15, -0.1) is 0 Å².